The summed E-state index contributed by atoms with van der Waals surface area (Å²) in [4.78, 5) is 24.6. The smallest absolute Gasteiger partial charge is 0.317 e. The first-order chi connectivity index (χ1) is 7.77. The van der Waals surface area contributed by atoms with E-state index in [1.807, 2.05) is 18.2 Å². The highest BCUT2D eigenvalue weighted by molar-refractivity contribution is 5.96. The van der Waals surface area contributed by atoms with E-state index in [1.165, 1.54) is 0 Å². The molecule has 0 atom stereocenters. The average Bonchev–Trinajstić information content (AvgIpc) is 2.73. The molecule has 1 heterocycles. The van der Waals surface area contributed by atoms with Crippen molar-refractivity contribution >= 4 is 11.8 Å². The summed E-state index contributed by atoms with van der Waals surface area (Å²) >= 11 is 0. The van der Waals surface area contributed by atoms with Crippen LogP contribution in [0.25, 0.3) is 0 Å². The summed E-state index contributed by atoms with van der Waals surface area (Å²) in [7, 11) is 0. The van der Waals surface area contributed by atoms with E-state index in [4.69, 9.17) is 0 Å². The Bertz CT molecular complexity index is 389. The minimum atomic E-state index is -0.0686. The second-order valence-electron chi connectivity index (χ2n) is 3.76. The Hall–Kier alpha value is -1.84. The Morgan fingerprint density at radius 2 is 2.06 bits per heavy atom. The number of ketones is 1. The average molecular weight is 218 g/mol. The van der Waals surface area contributed by atoms with Crippen molar-refractivity contribution in [3.05, 3.63) is 35.9 Å². The number of carbonyl (C=O) groups is 2. The molecule has 1 aromatic rings. The van der Waals surface area contributed by atoms with Crippen LogP contribution in [0.4, 0.5) is 4.79 Å². The Labute approximate surface area is 94.2 Å². The highest BCUT2D eigenvalue weighted by atomic mass is 16.2. The van der Waals surface area contributed by atoms with Crippen LogP contribution in [0.1, 0.15) is 16.8 Å². The van der Waals surface area contributed by atoms with E-state index in [9.17, 15) is 9.59 Å². The minimum absolute atomic E-state index is 0.0686. The van der Waals surface area contributed by atoms with Crippen molar-refractivity contribution in [2.24, 2.45) is 0 Å². The standard InChI is InChI=1S/C12H14N2O2/c15-11(10-4-2-1-3-5-10)6-8-14-9-7-13-12(14)16/h1-5H,6-9H2,(H,13,16). The first kappa shape index (κ1) is 10.7. The molecule has 1 N–H and O–H groups in total. The van der Waals surface area contributed by atoms with E-state index < -0.39 is 0 Å². The van der Waals surface area contributed by atoms with Gasteiger partial charge in [-0.05, 0) is 0 Å². The third kappa shape index (κ3) is 2.39. The minimum Gasteiger partial charge on any atom is -0.336 e. The SMILES string of the molecule is O=C(CCN1CCNC1=O)c1ccccc1. The fraction of sp³-hybridized carbons (Fsp3) is 0.333. The normalized spacial score (nSPS) is 15.0. The fourth-order valence-corrected chi connectivity index (χ4v) is 1.73. The van der Waals surface area contributed by atoms with Crippen molar-refractivity contribution in [3.63, 3.8) is 0 Å². The molecule has 4 nitrogen and oxygen atoms in total. The molecular weight excluding hydrogens is 204 g/mol. The first-order valence-corrected chi connectivity index (χ1v) is 5.38. The third-order valence-electron chi connectivity index (χ3n) is 2.65. The zero-order chi connectivity index (χ0) is 11.4. The van der Waals surface area contributed by atoms with Crippen LogP contribution in [0.2, 0.25) is 0 Å². The fourth-order valence-electron chi connectivity index (χ4n) is 1.73. The van der Waals surface area contributed by atoms with Gasteiger partial charge in [0.15, 0.2) is 5.78 Å². The molecule has 0 aromatic heterocycles. The lowest BCUT2D eigenvalue weighted by Crippen LogP contribution is -2.30. The number of rotatable bonds is 4. The van der Waals surface area contributed by atoms with Crippen LogP contribution in [0.3, 0.4) is 0 Å². The molecule has 1 aliphatic rings. The van der Waals surface area contributed by atoms with E-state index in [0.717, 1.165) is 0 Å². The van der Waals surface area contributed by atoms with Gasteiger partial charge in [0.1, 0.15) is 0 Å². The molecule has 1 fully saturated rings. The number of hydrogen-bond donors (Lipinski definition) is 1. The van der Waals surface area contributed by atoms with Crippen LogP contribution in [0.15, 0.2) is 30.3 Å². The van der Waals surface area contributed by atoms with Gasteiger partial charge in [-0.25, -0.2) is 4.79 Å². The molecule has 2 rings (SSSR count). The molecule has 0 saturated carbocycles. The van der Waals surface area contributed by atoms with Crippen LogP contribution in [0, 0.1) is 0 Å². The summed E-state index contributed by atoms with van der Waals surface area (Å²) in [6.07, 6.45) is 0.386. The molecular formula is C12H14N2O2. The van der Waals surface area contributed by atoms with Crippen LogP contribution in [-0.2, 0) is 0 Å². The Kier molecular flexibility index (Phi) is 3.19. The van der Waals surface area contributed by atoms with Gasteiger partial charge in [-0.1, -0.05) is 30.3 Å². The maximum absolute atomic E-state index is 11.7. The van der Waals surface area contributed by atoms with Gasteiger partial charge in [-0.15, -0.1) is 0 Å². The van der Waals surface area contributed by atoms with Crippen molar-refractivity contribution in [2.45, 2.75) is 6.42 Å². The molecule has 0 bridgehead atoms. The van der Waals surface area contributed by atoms with Crippen molar-refractivity contribution < 1.29 is 9.59 Å². The van der Waals surface area contributed by atoms with Crippen molar-refractivity contribution in [2.75, 3.05) is 19.6 Å². The van der Waals surface area contributed by atoms with Gasteiger partial charge < -0.3 is 10.2 Å². The number of amides is 2. The largest absolute Gasteiger partial charge is 0.336 e. The predicted octanol–water partition coefficient (Wildman–Crippen LogP) is 1.28. The number of benzene rings is 1. The predicted molar refractivity (Wildman–Crippen MR) is 60.4 cm³/mol. The lowest BCUT2D eigenvalue weighted by atomic mass is 10.1. The summed E-state index contributed by atoms with van der Waals surface area (Å²) < 4.78 is 0. The van der Waals surface area contributed by atoms with Gasteiger partial charge >= 0.3 is 6.03 Å². The van der Waals surface area contributed by atoms with E-state index in [-0.39, 0.29) is 11.8 Å². The molecule has 0 spiro atoms. The number of carbonyl (C=O) groups excluding carboxylic acids is 2. The number of nitrogens with one attached hydrogen (secondary N) is 1. The van der Waals surface area contributed by atoms with Crippen molar-refractivity contribution in [3.8, 4) is 0 Å². The van der Waals surface area contributed by atoms with E-state index >= 15 is 0 Å². The second kappa shape index (κ2) is 4.79. The zero-order valence-electron chi connectivity index (χ0n) is 8.98. The lowest BCUT2D eigenvalue weighted by Gasteiger charge is -2.12. The molecule has 0 unspecified atom stereocenters. The molecule has 1 aliphatic heterocycles. The molecule has 4 heteroatoms. The molecule has 0 radical (unpaired) electrons. The van der Waals surface area contributed by atoms with Crippen molar-refractivity contribution in [1.82, 2.24) is 10.2 Å². The van der Waals surface area contributed by atoms with Crippen LogP contribution >= 0.6 is 0 Å². The molecule has 1 aromatic carbocycles. The number of hydrogen-bond acceptors (Lipinski definition) is 2. The molecule has 2 amide bonds. The maximum atomic E-state index is 11.7. The van der Waals surface area contributed by atoms with E-state index in [2.05, 4.69) is 5.32 Å². The Morgan fingerprint density at radius 1 is 1.31 bits per heavy atom. The number of Topliss-reactive ketones (excluding diaryl/α,β-unsaturated/α-hetero) is 1. The van der Waals surface area contributed by atoms with Crippen molar-refractivity contribution in [1.29, 1.82) is 0 Å². The molecule has 0 aliphatic carbocycles. The van der Waals surface area contributed by atoms with Gasteiger partial charge in [0.25, 0.3) is 0 Å². The highest BCUT2D eigenvalue weighted by Crippen LogP contribution is 2.05. The Balaban J connectivity index is 1.87. The van der Waals surface area contributed by atoms with Gasteiger partial charge in [-0.3, -0.25) is 4.79 Å². The summed E-state index contributed by atoms with van der Waals surface area (Å²) in [5.41, 5.74) is 0.710. The lowest BCUT2D eigenvalue weighted by molar-refractivity contribution is 0.0973. The number of nitrogens with zero attached hydrogens (tertiary/aromatic N) is 1. The van der Waals surface area contributed by atoms with Gasteiger partial charge in [0.2, 0.25) is 0 Å². The van der Waals surface area contributed by atoms with Crippen LogP contribution in [0.5, 0.6) is 0 Å². The topological polar surface area (TPSA) is 49.4 Å². The number of urea groups is 1. The maximum Gasteiger partial charge on any atom is 0.317 e. The zero-order valence-corrected chi connectivity index (χ0v) is 8.98. The van der Waals surface area contributed by atoms with Gasteiger partial charge in [-0.2, -0.15) is 0 Å². The first-order valence-electron chi connectivity index (χ1n) is 5.38. The monoisotopic (exact) mass is 218 g/mol. The van der Waals surface area contributed by atoms with Crippen LogP contribution < -0.4 is 5.32 Å². The summed E-state index contributed by atoms with van der Waals surface area (Å²) in [6.45, 7) is 1.87. The second-order valence-corrected chi connectivity index (χ2v) is 3.76. The van der Waals surface area contributed by atoms with Gasteiger partial charge in [0.05, 0.1) is 0 Å². The van der Waals surface area contributed by atoms with E-state index in [1.54, 1.807) is 17.0 Å². The van der Waals surface area contributed by atoms with Gasteiger partial charge in [0, 0.05) is 31.6 Å². The van der Waals surface area contributed by atoms with Crippen LogP contribution in [-0.4, -0.2) is 36.3 Å². The quantitative estimate of drug-likeness (QED) is 0.774. The Morgan fingerprint density at radius 3 is 2.69 bits per heavy atom. The highest BCUT2D eigenvalue weighted by Gasteiger charge is 2.19. The summed E-state index contributed by atoms with van der Waals surface area (Å²) in [6, 6.07) is 9.09. The molecule has 84 valence electrons. The molecule has 1 saturated heterocycles. The molecule has 16 heavy (non-hydrogen) atoms. The third-order valence-corrected chi connectivity index (χ3v) is 2.65. The summed E-state index contributed by atoms with van der Waals surface area (Å²) in [5.74, 6) is 0.0836. The summed E-state index contributed by atoms with van der Waals surface area (Å²) in [5, 5.41) is 2.71. The van der Waals surface area contributed by atoms with E-state index in [0.29, 0.717) is 31.6 Å².